The number of β-lactam (4-membered cyclic amide) rings is 1. The van der Waals surface area contributed by atoms with Gasteiger partial charge in [-0.3, -0.25) is 29.5 Å². The van der Waals surface area contributed by atoms with Gasteiger partial charge in [0.15, 0.2) is 0 Å². The van der Waals surface area contributed by atoms with Crippen molar-refractivity contribution in [2.24, 2.45) is 11.8 Å². The average molecular weight is 664 g/mol. The molecule has 0 aromatic heterocycles. The van der Waals surface area contributed by atoms with E-state index in [1.54, 1.807) is 4.90 Å². The largest absolute Gasteiger partial charge is 0.477 e. The zero-order chi connectivity index (χ0) is 33.3. The van der Waals surface area contributed by atoms with Crippen molar-refractivity contribution < 1.29 is 43.4 Å². The van der Waals surface area contributed by atoms with Crippen LogP contribution >= 0.6 is 11.8 Å². The number of carbonyl (C=O) groups excluding carboxylic acids is 3. The zero-order valence-electron chi connectivity index (χ0n) is 25.6. The fourth-order valence-electron chi connectivity index (χ4n) is 6.86. The average Bonchev–Trinajstić information content (AvgIpc) is 3.43. The first kappa shape index (κ1) is 33.6. The van der Waals surface area contributed by atoms with Gasteiger partial charge in [0.05, 0.1) is 23.0 Å². The summed E-state index contributed by atoms with van der Waals surface area (Å²) in [6, 6.07) is 4.16. The number of alkyl halides is 1. The number of hydrogen-bond acceptors (Lipinski definition) is 10. The Morgan fingerprint density at radius 3 is 2.52 bits per heavy atom. The highest BCUT2D eigenvalue weighted by atomic mass is 32.2. The SMILES string of the molecule is C[C@@H](O)[C@H]1C(=O)N2C(C(=O)O)=C(S[C@H]3C[C@@H](C(=O)N4CCCN(CCF)CC4)N(C(=O)OCc4ccc([N+](=O)[O-])cc4)C3)[C@H](C)[C@H]12. The van der Waals surface area contributed by atoms with Crippen molar-refractivity contribution >= 4 is 41.3 Å². The molecule has 46 heavy (non-hydrogen) atoms. The lowest BCUT2D eigenvalue weighted by Crippen LogP contribution is -2.63. The summed E-state index contributed by atoms with van der Waals surface area (Å²) in [4.78, 5) is 69.6. The molecule has 1 aromatic carbocycles. The van der Waals surface area contributed by atoms with E-state index in [-0.39, 0.29) is 49.3 Å². The molecule has 3 saturated heterocycles. The Morgan fingerprint density at radius 2 is 1.89 bits per heavy atom. The van der Waals surface area contributed by atoms with Crippen LogP contribution in [-0.2, 0) is 25.7 Å². The molecule has 5 rings (SSSR count). The second-order valence-electron chi connectivity index (χ2n) is 12.1. The smallest absolute Gasteiger partial charge is 0.410 e. The van der Waals surface area contributed by atoms with Gasteiger partial charge in [0.2, 0.25) is 11.8 Å². The number of hydrogen-bond donors (Lipinski definition) is 2. The van der Waals surface area contributed by atoms with Gasteiger partial charge in [-0.05, 0) is 44.0 Å². The van der Waals surface area contributed by atoms with Gasteiger partial charge in [-0.2, -0.15) is 0 Å². The van der Waals surface area contributed by atoms with E-state index >= 15 is 0 Å². The molecule has 0 saturated carbocycles. The van der Waals surface area contributed by atoms with Gasteiger partial charge in [0, 0.05) is 60.9 Å². The maximum atomic E-state index is 13.9. The molecular weight excluding hydrogens is 625 g/mol. The number of non-ortho nitro benzene ring substituents is 1. The number of ether oxygens (including phenoxy) is 1. The molecule has 0 bridgehead atoms. The van der Waals surface area contributed by atoms with Gasteiger partial charge < -0.3 is 24.7 Å². The van der Waals surface area contributed by atoms with Crippen LogP contribution in [0.3, 0.4) is 0 Å². The van der Waals surface area contributed by atoms with Gasteiger partial charge in [0.1, 0.15) is 25.0 Å². The summed E-state index contributed by atoms with van der Waals surface area (Å²) in [6.45, 7) is 4.94. The Labute approximate surface area is 269 Å². The Morgan fingerprint density at radius 1 is 1.17 bits per heavy atom. The molecule has 1 aromatic rings. The number of aliphatic hydroxyl groups excluding tert-OH is 1. The highest BCUT2D eigenvalue weighted by molar-refractivity contribution is 8.03. The number of amides is 3. The number of fused-ring (bicyclic) bond motifs is 1. The number of aliphatic carboxylic acids is 1. The summed E-state index contributed by atoms with van der Waals surface area (Å²) in [5, 5.41) is 30.8. The van der Waals surface area contributed by atoms with Crippen LogP contribution in [0, 0.1) is 22.0 Å². The Bertz CT molecular complexity index is 1410. The number of carboxylic acids is 1. The van der Waals surface area contributed by atoms with E-state index in [1.807, 2.05) is 11.8 Å². The third-order valence-electron chi connectivity index (χ3n) is 9.20. The van der Waals surface area contributed by atoms with Crippen molar-refractivity contribution in [3.05, 3.63) is 50.5 Å². The molecular formula is C30H38FN5O9S. The lowest BCUT2D eigenvalue weighted by Gasteiger charge is -2.46. The minimum Gasteiger partial charge on any atom is -0.477 e. The van der Waals surface area contributed by atoms with Crippen LogP contribution < -0.4 is 0 Å². The fraction of sp³-hybridized carbons (Fsp3) is 0.600. The third-order valence-corrected chi connectivity index (χ3v) is 10.7. The molecule has 3 fully saturated rings. The predicted octanol–water partition coefficient (Wildman–Crippen LogP) is 2.07. The Hall–Kier alpha value is -3.76. The minimum absolute atomic E-state index is 0.0730. The predicted molar refractivity (Wildman–Crippen MR) is 163 cm³/mol. The molecule has 4 aliphatic heterocycles. The summed E-state index contributed by atoms with van der Waals surface area (Å²) in [5.74, 6) is -3.08. The van der Waals surface area contributed by atoms with E-state index in [2.05, 4.69) is 0 Å². The van der Waals surface area contributed by atoms with E-state index in [4.69, 9.17) is 4.74 Å². The summed E-state index contributed by atoms with van der Waals surface area (Å²) >= 11 is 1.23. The summed E-state index contributed by atoms with van der Waals surface area (Å²) in [6.07, 6.45) is -0.848. The van der Waals surface area contributed by atoms with Crippen LogP contribution in [0.2, 0.25) is 0 Å². The molecule has 14 nitrogen and oxygen atoms in total. The molecule has 0 radical (unpaired) electrons. The highest BCUT2D eigenvalue weighted by Gasteiger charge is 2.60. The van der Waals surface area contributed by atoms with Crippen LogP contribution in [0.4, 0.5) is 14.9 Å². The van der Waals surface area contributed by atoms with Crippen LogP contribution in [-0.4, -0.2) is 128 Å². The molecule has 16 heteroatoms. The Kier molecular flexibility index (Phi) is 10.2. The van der Waals surface area contributed by atoms with Crippen molar-refractivity contribution in [1.82, 2.24) is 19.6 Å². The molecule has 3 amide bonds. The monoisotopic (exact) mass is 663 g/mol. The quantitative estimate of drug-likeness (QED) is 0.213. The molecule has 4 heterocycles. The lowest BCUT2D eigenvalue weighted by molar-refractivity contribution is -0.384. The fourth-order valence-corrected chi connectivity index (χ4v) is 8.39. The number of halogens is 1. The number of thioether (sulfide) groups is 1. The van der Waals surface area contributed by atoms with Gasteiger partial charge in [-0.1, -0.05) is 6.92 Å². The number of rotatable bonds is 10. The number of nitrogens with zero attached hydrogens (tertiary/aromatic N) is 5. The molecule has 2 N–H and O–H groups in total. The molecule has 0 spiro atoms. The molecule has 250 valence electrons. The number of likely N-dealkylation sites (tertiary alicyclic amines) is 1. The van der Waals surface area contributed by atoms with Crippen LogP contribution in [0.25, 0.3) is 0 Å². The van der Waals surface area contributed by atoms with Crippen molar-refractivity contribution in [1.29, 1.82) is 0 Å². The molecule has 0 unspecified atom stereocenters. The number of nitro groups is 1. The van der Waals surface area contributed by atoms with E-state index in [9.17, 15) is 43.9 Å². The third kappa shape index (κ3) is 6.55. The zero-order valence-corrected chi connectivity index (χ0v) is 26.4. The second-order valence-corrected chi connectivity index (χ2v) is 13.4. The number of carbonyl (C=O) groups is 4. The van der Waals surface area contributed by atoms with Gasteiger partial charge in [-0.15, -0.1) is 11.8 Å². The Balaban J connectivity index is 1.35. The first-order valence-corrected chi connectivity index (χ1v) is 16.2. The van der Waals surface area contributed by atoms with E-state index < -0.39 is 58.9 Å². The summed E-state index contributed by atoms with van der Waals surface area (Å²) < 4.78 is 18.5. The molecule has 4 aliphatic rings. The molecule has 0 aliphatic carbocycles. The maximum absolute atomic E-state index is 13.9. The lowest BCUT2D eigenvalue weighted by atomic mass is 9.79. The van der Waals surface area contributed by atoms with Crippen LogP contribution in [0.5, 0.6) is 0 Å². The normalized spacial score (nSPS) is 27.3. The van der Waals surface area contributed by atoms with Gasteiger partial charge in [-0.25, -0.2) is 14.0 Å². The summed E-state index contributed by atoms with van der Waals surface area (Å²) in [5.41, 5.74) is 0.280. The standard InChI is InChI=1S/C30H38FN5O9S/c1-17-24-23(18(2)37)28(39)35(24)25(29(40)41)26(17)46-21-14-22(27(38)33-10-3-9-32(11-8-31)12-13-33)34(15-21)30(42)45-16-19-4-6-20(7-5-19)36(43)44/h4-7,17-18,21-24,37H,3,8-16H2,1-2H3,(H,40,41)/t17-,18-,21+,22+,23-,24-/m1/s1. The summed E-state index contributed by atoms with van der Waals surface area (Å²) in [7, 11) is 0. The van der Waals surface area contributed by atoms with E-state index in [0.717, 1.165) is 0 Å². The van der Waals surface area contributed by atoms with Crippen molar-refractivity contribution in [2.75, 3.05) is 45.9 Å². The van der Waals surface area contributed by atoms with E-state index in [1.165, 1.54) is 52.8 Å². The topological polar surface area (TPSA) is 174 Å². The van der Waals surface area contributed by atoms with E-state index in [0.29, 0.717) is 43.1 Å². The first-order valence-electron chi connectivity index (χ1n) is 15.3. The second kappa shape index (κ2) is 13.9. The van der Waals surface area contributed by atoms with Gasteiger partial charge >= 0.3 is 12.1 Å². The van der Waals surface area contributed by atoms with Crippen molar-refractivity contribution in [3.8, 4) is 0 Å². The molecule has 6 atom stereocenters. The van der Waals surface area contributed by atoms with Gasteiger partial charge in [0.25, 0.3) is 5.69 Å². The van der Waals surface area contributed by atoms with Crippen molar-refractivity contribution in [2.45, 2.75) is 56.7 Å². The number of carboxylic acid groups (broad SMARTS) is 1. The maximum Gasteiger partial charge on any atom is 0.410 e. The highest BCUT2D eigenvalue weighted by Crippen LogP contribution is 2.52. The minimum atomic E-state index is -1.26. The number of aliphatic hydroxyl groups is 1. The number of nitro benzene ring substituents is 1. The van der Waals surface area contributed by atoms with Crippen LogP contribution in [0.15, 0.2) is 34.9 Å². The number of benzene rings is 1. The first-order chi connectivity index (χ1) is 21.9. The van der Waals surface area contributed by atoms with Crippen LogP contribution in [0.1, 0.15) is 32.3 Å². The van der Waals surface area contributed by atoms with Crippen molar-refractivity contribution in [3.63, 3.8) is 0 Å².